The van der Waals surface area contributed by atoms with Crippen LogP contribution in [0.2, 0.25) is 0 Å². The van der Waals surface area contributed by atoms with Crippen molar-refractivity contribution in [2.75, 3.05) is 11.9 Å². The Morgan fingerprint density at radius 1 is 1.07 bits per heavy atom. The Morgan fingerprint density at radius 3 is 2.59 bits per heavy atom. The first-order valence-corrected chi connectivity index (χ1v) is 8.81. The van der Waals surface area contributed by atoms with E-state index in [4.69, 9.17) is 4.74 Å². The number of anilines is 1. The van der Waals surface area contributed by atoms with Gasteiger partial charge in [-0.2, -0.15) is 5.10 Å². The summed E-state index contributed by atoms with van der Waals surface area (Å²) in [7, 11) is 0. The van der Waals surface area contributed by atoms with Crippen molar-refractivity contribution in [3.8, 4) is 11.4 Å². The fraction of sp³-hybridized carbons (Fsp3) is 0.190. The van der Waals surface area contributed by atoms with Crippen LogP contribution >= 0.6 is 0 Å². The molecule has 0 fully saturated rings. The predicted molar refractivity (Wildman–Crippen MR) is 103 cm³/mol. The van der Waals surface area contributed by atoms with Crippen molar-refractivity contribution in [3.05, 3.63) is 72.6 Å². The number of nitrogens with zero attached hydrogens (tertiary/aromatic N) is 2. The largest absolute Gasteiger partial charge is 0.494 e. The summed E-state index contributed by atoms with van der Waals surface area (Å²) < 4.78 is 7.07. The SMILES string of the molecule is CCOc1ccc(C(=O)CCC(=O)Nc2cccc(-n3cccn3)c2)cc1. The van der Waals surface area contributed by atoms with Gasteiger partial charge in [-0.1, -0.05) is 6.07 Å². The molecule has 0 aliphatic carbocycles. The highest BCUT2D eigenvalue weighted by molar-refractivity contribution is 6.00. The molecule has 1 N–H and O–H groups in total. The lowest BCUT2D eigenvalue weighted by Gasteiger charge is -2.08. The molecule has 0 saturated carbocycles. The Hall–Kier alpha value is -3.41. The van der Waals surface area contributed by atoms with Crippen LogP contribution in [-0.2, 0) is 4.79 Å². The van der Waals surface area contributed by atoms with Crippen LogP contribution in [0.5, 0.6) is 5.75 Å². The van der Waals surface area contributed by atoms with E-state index in [1.54, 1.807) is 41.2 Å². The third-order valence-corrected chi connectivity index (χ3v) is 3.97. The highest BCUT2D eigenvalue weighted by Crippen LogP contribution is 2.16. The van der Waals surface area contributed by atoms with Gasteiger partial charge in [0, 0.05) is 36.5 Å². The number of amides is 1. The molecule has 0 spiro atoms. The van der Waals surface area contributed by atoms with E-state index in [-0.39, 0.29) is 24.5 Å². The first kappa shape index (κ1) is 18.4. The van der Waals surface area contributed by atoms with Gasteiger partial charge in [0.25, 0.3) is 0 Å². The first-order chi connectivity index (χ1) is 13.2. The molecule has 0 aliphatic rings. The van der Waals surface area contributed by atoms with E-state index in [2.05, 4.69) is 10.4 Å². The van der Waals surface area contributed by atoms with Gasteiger partial charge >= 0.3 is 0 Å². The number of Topliss-reactive ketones (excluding diaryl/α,β-unsaturated/α-hetero) is 1. The number of carbonyl (C=O) groups excluding carboxylic acids is 2. The van der Waals surface area contributed by atoms with E-state index < -0.39 is 0 Å². The molecule has 0 atom stereocenters. The summed E-state index contributed by atoms with van der Waals surface area (Å²) in [4.78, 5) is 24.4. The van der Waals surface area contributed by atoms with Crippen molar-refractivity contribution in [2.24, 2.45) is 0 Å². The van der Waals surface area contributed by atoms with Crippen LogP contribution in [0.1, 0.15) is 30.1 Å². The van der Waals surface area contributed by atoms with E-state index in [0.717, 1.165) is 11.4 Å². The summed E-state index contributed by atoms with van der Waals surface area (Å²) in [6.45, 7) is 2.48. The van der Waals surface area contributed by atoms with E-state index in [9.17, 15) is 9.59 Å². The van der Waals surface area contributed by atoms with Crippen LogP contribution in [0, 0.1) is 0 Å². The van der Waals surface area contributed by atoms with E-state index in [1.165, 1.54) is 0 Å². The second-order valence-corrected chi connectivity index (χ2v) is 5.93. The summed E-state index contributed by atoms with van der Waals surface area (Å²) >= 11 is 0. The fourth-order valence-corrected chi connectivity index (χ4v) is 2.65. The second-order valence-electron chi connectivity index (χ2n) is 5.93. The molecule has 1 amide bonds. The van der Waals surface area contributed by atoms with Crippen LogP contribution in [0.3, 0.4) is 0 Å². The number of rotatable bonds is 8. The maximum atomic E-state index is 12.2. The van der Waals surface area contributed by atoms with Crippen molar-refractivity contribution < 1.29 is 14.3 Å². The van der Waals surface area contributed by atoms with Crippen molar-refractivity contribution in [2.45, 2.75) is 19.8 Å². The molecule has 1 aromatic heterocycles. The molecule has 0 bridgehead atoms. The number of benzene rings is 2. The summed E-state index contributed by atoms with van der Waals surface area (Å²) in [5.74, 6) is 0.453. The molecular formula is C21H21N3O3. The summed E-state index contributed by atoms with van der Waals surface area (Å²) in [5, 5.41) is 6.99. The Kier molecular flexibility index (Phi) is 5.99. The molecule has 0 aliphatic heterocycles. The lowest BCUT2D eigenvalue weighted by molar-refractivity contribution is -0.116. The lowest BCUT2D eigenvalue weighted by Crippen LogP contribution is -2.13. The molecule has 6 nitrogen and oxygen atoms in total. The van der Waals surface area contributed by atoms with Gasteiger partial charge in [-0.15, -0.1) is 0 Å². The maximum Gasteiger partial charge on any atom is 0.224 e. The van der Waals surface area contributed by atoms with Gasteiger partial charge in [0.15, 0.2) is 5.78 Å². The third-order valence-electron chi connectivity index (χ3n) is 3.97. The average Bonchev–Trinajstić information content (AvgIpc) is 3.22. The summed E-state index contributed by atoms with van der Waals surface area (Å²) in [6, 6.07) is 16.2. The summed E-state index contributed by atoms with van der Waals surface area (Å²) in [6.07, 6.45) is 3.80. The number of ketones is 1. The predicted octanol–water partition coefficient (Wildman–Crippen LogP) is 3.87. The highest BCUT2D eigenvalue weighted by atomic mass is 16.5. The Morgan fingerprint density at radius 2 is 1.89 bits per heavy atom. The Bertz CT molecular complexity index is 903. The van der Waals surface area contributed by atoms with Crippen LogP contribution < -0.4 is 10.1 Å². The monoisotopic (exact) mass is 363 g/mol. The van der Waals surface area contributed by atoms with Gasteiger partial charge in [0.1, 0.15) is 5.75 Å². The summed E-state index contributed by atoms with van der Waals surface area (Å²) in [5.41, 5.74) is 2.09. The normalized spacial score (nSPS) is 10.4. The third kappa shape index (κ3) is 5.04. The zero-order valence-electron chi connectivity index (χ0n) is 15.1. The molecular weight excluding hydrogens is 342 g/mol. The molecule has 2 aromatic carbocycles. The molecule has 1 heterocycles. The smallest absolute Gasteiger partial charge is 0.224 e. The van der Waals surface area contributed by atoms with Gasteiger partial charge in [-0.3, -0.25) is 9.59 Å². The van der Waals surface area contributed by atoms with Crippen molar-refractivity contribution in [3.63, 3.8) is 0 Å². The maximum absolute atomic E-state index is 12.2. The lowest BCUT2D eigenvalue weighted by atomic mass is 10.1. The van der Waals surface area contributed by atoms with Gasteiger partial charge in [0.05, 0.1) is 12.3 Å². The molecule has 0 saturated heterocycles. The van der Waals surface area contributed by atoms with E-state index in [1.807, 2.05) is 37.4 Å². The van der Waals surface area contributed by atoms with E-state index in [0.29, 0.717) is 17.9 Å². The van der Waals surface area contributed by atoms with Gasteiger partial charge in [0.2, 0.25) is 5.91 Å². The molecule has 27 heavy (non-hydrogen) atoms. The molecule has 3 rings (SSSR count). The zero-order chi connectivity index (χ0) is 19.1. The number of hydrogen-bond acceptors (Lipinski definition) is 4. The highest BCUT2D eigenvalue weighted by Gasteiger charge is 2.10. The number of carbonyl (C=O) groups is 2. The van der Waals surface area contributed by atoms with Gasteiger partial charge in [-0.25, -0.2) is 4.68 Å². The Labute approximate surface area is 157 Å². The van der Waals surface area contributed by atoms with Crippen LogP contribution in [0.4, 0.5) is 5.69 Å². The van der Waals surface area contributed by atoms with Crippen molar-refractivity contribution >= 4 is 17.4 Å². The number of aromatic nitrogens is 2. The minimum atomic E-state index is -0.202. The Balaban J connectivity index is 1.53. The van der Waals surface area contributed by atoms with E-state index >= 15 is 0 Å². The van der Waals surface area contributed by atoms with Crippen molar-refractivity contribution in [1.82, 2.24) is 9.78 Å². The van der Waals surface area contributed by atoms with Crippen LogP contribution in [0.25, 0.3) is 5.69 Å². The zero-order valence-corrected chi connectivity index (χ0v) is 15.1. The number of nitrogens with one attached hydrogen (secondary N) is 1. The average molecular weight is 363 g/mol. The quantitative estimate of drug-likeness (QED) is 0.617. The van der Waals surface area contributed by atoms with Crippen LogP contribution in [-0.4, -0.2) is 28.1 Å². The molecule has 0 unspecified atom stereocenters. The molecule has 3 aromatic rings. The molecule has 138 valence electrons. The fourth-order valence-electron chi connectivity index (χ4n) is 2.65. The number of ether oxygens (including phenoxy) is 1. The molecule has 0 radical (unpaired) electrons. The molecule has 6 heteroatoms. The minimum Gasteiger partial charge on any atom is -0.494 e. The standard InChI is InChI=1S/C21H21N3O3/c1-2-27-19-9-7-16(8-10-19)20(25)11-12-21(26)23-17-5-3-6-18(15-17)24-14-4-13-22-24/h3-10,13-15H,2,11-12H2,1H3,(H,23,26). The number of hydrogen-bond donors (Lipinski definition) is 1. The first-order valence-electron chi connectivity index (χ1n) is 8.81. The minimum absolute atomic E-state index is 0.0708. The topological polar surface area (TPSA) is 73.2 Å². The van der Waals surface area contributed by atoms with Gasteiger partial charge in [-0.05, 0) is 55.5 Å². The van der Waals surface area contributed by atoms with Crippen molar-refractivity contribution in [1.29, 1.82) is 0 Å². The van der Waals surface area contributed by atoms with Gasteiger partial charge < -0.3 is 10.1 Å². The van der Waals surface area contributed by atoms with Crippen LogP contribution in [0.15, 0.2) is 67.0 Å². The second kappa shape index (κ2) is 8.80.